The van der Waals surface area contributed by atoms with Crippen LogP contribution >= 0.6 is 11.6 Å². The number of pyridine rings is 1. The molecule has 2 nitrogen and oxygen atoms in total. The summed E-state index contributed by atoms with van der Waals surface area (Å²) in [5, 5.41) is -0.184. The Balaban J connectivity index is 3.43. The lowest BCUT2D eigenvalue weighted by molar-refractivity contribution is 0.110. The number of nitrogens with zero attached hydrogens (tertiary/aromatic N) is 1. The van der Waals surface area contributed by atoms with E-state index in [1.165, 1.54) is 13.1 Å². The SMILES string of the molecule is Cc1cnc(Cl)c(C=O)c1C(F)F. The van der Waals surface area contributed by atoms with Gasteiger partial charge in [0.05, 0.1) is 5.56 Å². The number of rotatable bonds is 2. The van der Waals surface area contributed by atoms with Crippen LogP contribution in [0.1, 0.15) is 27.9 Å². The van der Waals surface area contributed by atoms with E-state index in [9.17, 15) is 13.6 Å². The Hall–Kier alpha value is -1.03. The van der Waals surface area contributed by atoms with Crippen molar-refractivity contribution < 1.29 is 13.6 Å². The molecule has 0 spiro atoms. The van der Waals surface area contributed by atoms with Crippen LogP contribution in [-0.4, -0.2) is 11.3 Å². The molecule has 1 heterocycles. The highest BCUT2D eigenvalue weighted by Crippen LogP contribution is 2.28. The number of alkyl halides is 2. The van der Waals surface area contributed by atoms with Crippen molar-refractivity contribution >= 4 is 17.9 Å². The van der Waals surface area contributed by atoms with Crippen LogP contribution in [0, 0.1) is 6.92 Å². The largest absolute Gasteiger partial charge is 0.298 e. The fourth-order valence-electron chi connectivity index (χ4n) is 1.02. The standard InChI is InChI=1S/C8H6ClF2NO/c1-4-2-12-7(9)5(3-13)6(4)8(10)11/h2-3,8H,1H3. The molecule has 0 aromatic carbocycles. The summed E-state index contributed by atoms with van der Waals surface area (Å²) in [7, 11) is 0. The minimum Gasteiger partial charge on any atom is -0.298 e. The average Bonchev–Trinajstić information content (AvgIpc) is 2.07. The van der Waals surface area contributed by atoms with Crippen molar-refractivity contribution in [3.05, 3.63) is 28.0 Å². The molecule has 0 saturated carbocycles. The second-order valence-corrected chi connectivity index (χ2v) is 2.84. The number of hydrogen-bond donors (Lipinski definition) is 0. The van der Waals surface area contributed by atoms with Gasteiger partial charge in [-0.2, -0.15) is 0 Å². The van der Waals surface area contributed by atoms with Gasteiger partial charge in [-0.25, -0.2) is 13.8 Å². The number of aldehydes is 1. The van der Waals surface area contributed by atoms with Gasteiger partial charge in [-0.3, -0.25) is 4.79 Å². The second kappa shape index (κ2) is 3.79. The normalized spacial score (nSPS) is 10.5. The molecule has 0 unspecified atom stereocenters. The Morgan fingerprint density at radius 3 is 2.62 bits per heavy atom. The van der Waals surface area contributed by atoms with Gasteiger partial charge in [0.25, 0.3) is 6.43 Å². The smallest absolute Gasteiger partial charge is 0.264 e. The monoisotopic (exact) mass is 205 g/mol. The summed E-state index contributed by atoms with van der Waals surface area (Å²) in [6.45, 7) is 1.46. The topological polar surface area (TPSA) is 30.0 Å². The summed E-state index contributed by atoms with van der Waals surface area (Å²) in [6.07, 6.45) is -1.19. The third-order valence-corrected chi connectivity index (χ3v) is 1.95. The summed E-state index contributed by atoms with van der Waals surface area (Å²) in [6, 6.07) is 0. The van der Waals surface area contributed by atoms with Crippen LogP contribution in [0.15, 0.2) is 6.20 Å². The van der Waals surface area contributed by atoms with Crippen LogP contribution in [0.2, 0.25) is 5.15 Å². The van der Waals surface area contributed by atoms with Gasteiger partial charge in [0.1, 0.15) is 5.15 Å². The fraction of sp³-hybridized carbons (Fsp3) is 0.250. The number of aryl methyl sites for hydroxylation is 1. The third-order valence-electron chi connectivity index (χ3n) is 1.64. The van der Waals surface area contributed by atoms with Gasteiger partial charge in [-0.15, -0.1) is 0 Å². The molecule has 5 heteroatoms. The van der Waals surface area contributed by atoms with E-state index in [4.69, 9.17) is 11.6 Å². The van der Waals surface area contributed by atoms with E-state index in [1.807, 2.05) is 0 Å². The predicted octanol–water partition coefficient (Wildman–Crippen LogP) is 2.79. The zero-order valence-corrected chi connectivity index (χ0v) is 7.48. The first-order valence-electron chi connectivity index (χ1n) is 3.46. The van der Waals surface area contributed by atoms with Crippen molar-refractivity contribution in [2.45, 2.75) is 13.3 Å². The first kappa shape index (κ1) is 10.1. The molecule has 0 aliphatic heterocycles. The molecule has 0 bridgehead atoms. The number of carbonyl (C=O) groups excluding carboxylic acids is 1. The zero-order chi connectivity index (χ0) is 10.0. The molecule has 0 atom stereocenters. The van der Waals surface area contributed by atoms with Gasteiger partial charge in [0, 0.05) is 11.8 Å². The molecule has 0 fully saturated rings. The summed E-state index contributed by atoms with van der Waals surface area (Å²) in [5.74, 6) is 0. The highest BCUT2D eigenvalue weighted by molar-refractivity contribution is 6.31. The van der Waals surface area contributed by atoms with Crippen molar-refractivity contribution in [1.82, 2.24) is 4.98 Å². The van der Waals surface area contributed by atoms with Crippen molar-refractivity contribution in [3.8, 4) is 0 Å². The molecule has 70 valence electrons. The van der Waals surface area contributed by atoms with E-state index in [0.717, 1.165) is 0 Å². The Labute approximate surface area is 78.5 Å². The molecule has 0 aliphatic carbocycles. The van der Waals surface area contributed by atoms with E-state index in [-0.39, 0.29) is 21.8 Å². The first-order valence-corrected chi connectivity index (χ1v) is 3.84. The van der Waals surface area contributed by atoms with Crippen LogP contribution in [0.3, 0.4) is 0 Å². The van der Waals surface area contributed by atoms with Gasteiger partial charge in [0.2, 0.25) is 0 Å². The van der Waals surface area contributed by atoms with Crippen molar-refractivity contribution in [2.24, 2.45) is 0 Å². The van der Waals surface area contributed by atoms with Crippen LogP contribution in [0.4, 0.5) is 8.78 Å². The molecule has 13 heavy (non-hydrogen) atoms. The van der Waals surface area contributed by atoms with E-state index in [0.29, 0.717) is 6.29 Å². The van der Waals surface area contributed by atoms with Crippen LogP contribution in [0.25, 0.3) is 0 Å². The van der Waals surface area contributed by atoms with Gasteiger partial charge in [-0.1, -0.05) is 11.6 Å². The van der Waals surface area contributed by atoms with Crippen LogP contribution in [0.5, 0.6) is 0 Å². The van der Waals surface area contributed by atoms with E-state index >= 15 is 0 Å². The van der Waals surface area contributed by atoms with Crippen molar-refractivity contribution in [3.63, 3.8) is 0 Å². The van der Waals surface area contributed by atoms with E-state index in [2.05, 4.69) is 4.98 Å². The Bertz CT molecular complexity index is 341. The van der Waals surface area contributed by atoms with E-state index < -0.39 is 6.43 Å². The van der Waals surface area contributed by atoms with Gasteiger partial charge >= 0.3 is 0 Å². The average molecular weight is 206 g/mol. The molecule has 0 N–H and O–H groups in total. The van der Waals surface area contributed by atoms with Crippen LogP contribution < -0.4 is 0 Å². The molecule has 0 amide bonds. The molecule has 0 saturated heterocycles. The molecule has 0 aliphatic rings. The number of halogens is 3. The highest BCUT2D eigenvalue weighted by atomic mass is 35.5. The molecule has 1 aromatic heterocycles. The molecular weight excluding hydrogens is 200 g/mol. The second-order valence-electron chi connectivity index (χ2n) is 2.48. The summed E-state index contributed by atoms with van der Waals surface area (Å²) in [5.41, 5.74) is -0.298. The fourth-order valence-corrected chi connectivity index (χ4v) is 1.21. The lowest BCUT2D eigenvalue weighted by atomic mass is 10.1. The van der Waals surface area contributed by atoms with Crippen molar-refractivity contribution in [2.75, 3.05) is 0 Å². The maximum absolute atomic E-state index is 12.4. The molecule has 0 radical (unpaired) electrons. The first-order chi connectivity index (χ1) is 6.07. The van der Waals surface area contributed by atoms with Crippen LogP contribution in [-0.2, 0) is 0 Å². The van der Waals surface area contributed by atoms with Gasteiger partial charge in [0.15, 0.2) is 6.29 Å². The quantitative estimate of drug-likeness (QED) is 0.549. The Kier molecular flexibility index (Phi) is 2.93. The number of hydrogen-bond acceptors (Lipinski definition) is 2. The lowest BCUT2D eigenvalue weighted by Gasteiger charge is -2.07. The highest BCUT2D eigenvalue weighted by Gasteiger charge is 2.18. The summed E-state index contributed by atoms with van der Waals surface area (Å²) in [4.78, 5) is 14.0. The summed E-state index contributed by atoms with van der Waals surface area (Å²) >= 11 is 5.47. The van der Waals surface area contributed by atoms with Gasteiger partial charge < -0.3 is 0 Å². The maximum Gasteiger partial charge on any atom is 0.264 e. The molecule has 1 rings (SSSR count). The van der Waals surface area contributed by atoms with E-state index in [1.54, 1.807) is 0 Å². The Morgan fingerprint density at radius 1 is 1.62 bits per heavy atom. The van der Waals surface area contributed by atoms with Crippen molar-refractivity contribution in [1.29, 1.82) is 0 Å². The maximum atomic E-state index is 12.4. The minimum absolute atomic E-state index is 0.184. The molecule has 1 aromatic rings. The summed E-state index contributed by atoms with van der Waals surface area (Å²) < 4.78 is 24.8. The number of aromatic nitrogens is 1. The predicted molar refractivity (Wildman–Crippen MR) is 44.3 cm³/mol. The minimum atomic E-state index is -2.71. The Morgan fingerprint density at radius 2 is 2.23 bits per heavy atom. The molecular formula is C8H6ClF2NO. The zero-order valence-electron chi connectivity index (χ0n) is 6.72. The third kappa shape index (κ3) is 1.83. The van der Waals surface area contributed by atoms with Gasteiger partial charge in [-0.05, 0) is 12.5 Å². The number of carbonyl (C=O) groups is 1. The lowest BCUT2D eigenvalue weighted by Crippen LogP contribution is -1.99.